The van der Waals surface area contributed by atoms with Crippen LogP contribution >= 0.6 is 11.3 Å². The van der Waals surface area contributed by atoms with Crippen LogP contribution in [0.2, 0.25) is 0 Å². The Hall–Kier alpha value is -2.13. The van der Waals surface area contributed by atoms with Gasteiger partial charge in [-0.1, -0.05) is 6.07 Å². The van der Waals surface area contributed by atoms with Crippen molar-refractivity contribution in [3.05, 3.63) is 52.9 Å². The number of ketones is 1. The molecule has 0 saturated heterocycles. The van der Waals surface area contributed by atoms with Crippen molar-refractivity contribution >= 4 is 33.1 Å². The minimum atomic E-state index is -3.96. The molecule has 1 aromatic carbocycles. The van der Waals surface area contributed by atoms with Gasteiger partial charge in [0.05, 0.1) is 5.56 Å². The molecule has 0 atom stereocenters. The molecule has 122 valence electrons. The molecule has 0 unspecified atom stereocenters. The SMILES string of the molecule is O=C(CCC(=O)c1ccc(F)cc1F)NS(=O)(=O)c1cccs1. The molecular formula is C14H11F2NO4S2. The zero-order valence-corrected chi connectivity index (χ0v) is 13.2. The predicted molar refractivity (Wildman–Crippen MR) is 79.6 cm³/mol. The fourth-order valence-corrected chi connectivity index (χ4v) is 3.75. The first-order valence-corrected chi connectivity index (χ1v) is 8.73. The molecule has 0 spiro atoms. The van der Waals surface area contributed by atoms with Crippen LogP contribution in [0, 0.1) is 11.6 Å². The first kappa shape index (κ1) is 17.2. The van der Waals surface area contributed by atoms with E-state index < -0.39 is 46.2 Å². The molecule has 1 N–H and O–H groups in total. The molecule has 0 radical (unpaired) electrons. The Morgan fingerprint density at radius 2 is 1.87 bits per heavy atom. The number of benzene rings is 1. The number of hydrogen-bond donors (Lipinski definition) is 1. The van der Waals surface area contributed by atoms with Gasteiger partial charge in [0.1, 0.15) is 15.8 Å². The Morgan fingerprint density at radius 1 is 1.13 bits per heavy atom. The smallest absolute Gasteiger partial charge is 0.273 e. The average Bonchev–Trinajstić information content (AvgIpc) is 2.99. The topological polar surface area (TPSA) is 80.3 Å². The molecule has 5 nitrogen and oxygen atoms in total. The summed E-state index contributed by atoms with van der Waals surface area (Å²) in [5.41, 5.74) is -0.347. The summed E-state index contributed by atoms with van der Waals surface area (Å²) in [6.45, 7) is 0. The van der Waals surface area contributed by atoms with Crippen LogP contribution in [0.5, 0.6) is 0 Å². The molecule has 0 aliphatic rings. The number of carbonyl (C=O) groups excluding carboxylic acids is 2. The van der Waals surface area contributed by atoms with Gasteiger partial charge in [0, 0.05) is 18.9 Å². The van der Waals surface area contributed by atoms with Crippen molar-refractivity contribution in [2.45, 2.75) is 17.1 Å². The summed E-state index contributed by atoms with van der Waals surface area (Å²) in [6, 6.07) is 5.32. The lowest BCUT2D eigenvalue weighted by atomic mass is 10.1. The number of sulfonamides is 1. The highest BCUT2D eigenvalue weighted by atomic mass is 32.2. The fourth-order valence-electron chi connectivity index (χ4n) is 1.74. The Labute approximate surface area is 135 Å². The molecule has 9 heteroatoms. The van der Waals surface area contributed by atoms with Crippen molar-refractivity contribution in [2.24, 2.45) is 0 Å². The van der Waals surface area contributed by atoms with E-state index in [4.69, 9.17) is 0 Å². The second-order valence-electron chi connectivity index (χ2n) is 4.51. The van der Waals surface area contributed by atoms with Crippen molar-refractivity contribution in [3.8, 4) is 0 Å². The van der Waals surface area contributed by atoms with E-state index in [9.17, 15) is 26.8 Å². The van der Waals surface area contributed by atoms with Crippen LogP contribution < -0.4 is 4.72 Å². The van der Waals surface area contributed by atoms with Crippen molar-refractivity contribution in [3.63, 3.8) is 0 Å². The van der Waals surface area contributed by atoms with Gasteiger partial charge < -0.3 is 0 Å². The van der Waals surface area contributed by atoms with Gasteiger partial charge >= 0.3 is 0 Å². The van der Waals surface area contributed by atoms with Gasteiger partial charge in [-0.25, -0.2) is 21.9 Å². The van der Waals surface area contributed by atoms with E-state index in [0.29, 0.717) is 6.07 Å². The number of thiophene rings is 1. The summed E-state index contributed by atoms with van der Waals surface area (Å²) >= 11 is 0.942. The van der Waals surface area contributed by atoms with Crippen molar-refractivity contribution in [1.82, 2.24) is 4.72 Å². The van der Waals surface area contributed by atoms with Gasteiger partial charge in [0.25, 0.3) is 10.0 Å². The first-order valence-electron chi connectivity index (χ1n) is 6.37. The van der Waals surface area contributed by atoms with Gasteiger partial charge in [-0.05, 0) is 23.6 Å². The normalized spacial score (nSPS) is 11.2. The first-order chi connectivity index (χ1) is 10.8. The summed E-state index contributed by atoms with van der Waals surface area (Å²) in [5.74, 6) is -3.44. The van der Waals surface area contributed by atoms with Crippen molar-refractivity contribution in [2.75, 3.05) is 0 Å². The third-order valence-electron chi connectivity index (χ3n) is 2.82. The number of amides is 1. The van der Waals surface area contributed by atoms with Crippen LogP contribution in [0.4, 0.5) is 8.78 Å². The number of halogens is 2. The second kappa shape index (κ2) is 6.97. The Bertz CT molecular complexity index is 832. The number of carbonyl (C=O) groups is 2. The molecule has 1 amide bonds. The van der Waals surface area contributed by atoms with Crippen LogP contribution in [0.15, 0.2) is 39.9 Å². The van der Waals surface area contributed by atoms with E-state index in [1.54, 1.807) is 5.38 Å². The monoisotopic (exact) mass is 359 g/mol. The Kier molecular flexibility index (Phi) is 5.22. The van der Waals surface area contributed by atoms with Crippen LogP contribution in [0.1, 0.15) is 23.2 Å². The maximum absolute atomic E-state index is 13.4. The second-order valence-corrected chi connectivity index (χ2v) is 7.37. The third kappa shape index (κ3) is 4.42. The maximum atomic E-state index is 13.4. The average molecular weight is 359 g/mol. The Balaban J connectivity index is 1.95. The zero-order chi connectivity index (χ0) is 17.0. The van der Waals surface area contributed by atoms with E-state index in [1.165, 1.54) is 12.1 Å². The molecular weight excluding hydrogens is 348 g/mol. The number of rotatable bonds is 6. The van der Waals surface area contributed by atoms with E-state index in [2.05, 4.69) is 0 Å². The molecule has 0 fully saturated rings. The minimum Gasteiger partial charge on any atom is -0.294 e. The highest BCUT2D eigenvalue weighted by Crippen LogP contribution is 2.16. The van der Waals surface area contributed by atoms with Crippen LogP contribution in [0.3, 0.4) is 0 Å². The van der Waals surface area contributed by atoms with Crippen LogP contribution in [-0.4, -0.2) is 20.1 Å². The molecule has 0 saturated carbocycles. The van der Waals surface area contributed by atoms with Gasteiger partial charge in [0.15, 0.2) is 5.78 Å². The third-order valence-corrected chi connectivity index (χ3v) is 5.59. The molecule has 23 heavy (non-hydrogen) atoms. The standard InChI is InChI=1S/C14H11F2NO4S2/c15-9-3-4-10(11(16)8-9)12(18)5-6-13(19)17-23(20,21)14-2-1-7-22-14/h1-4,7-8H,5-6H2,(H,17,19). The molecule has 0 bridgehead atoms. The Morgan fingerprint density at radius 3 is 2.48 bits per heavy atom. The van der Waals surface area contributed by atoms with Crippen molar-refractivity contribution < 1.29 is 26.8 Å². The molecule has 0 aliphatic carbocycles. The highest BCUT2D eigenvalue weighted by molar-refractivity contribution is 7.92. The lowest BCUT2D eigenvalue weighted by Gasteiger charge is -2.05. The lowest BCUT2D eigenvalue weighted by Crippen LogP contribution is -2.30. The number of hydrogen-bond acceptors (Lipinski definition) is 5. The summed E-state index contributed by atoms with van der Waals surface area (Å²) in [5, 5.41) is 1.54. The van der Waals surface area contributed by atoms with E-state index >= 15 is 0 Å². The summed E-state index contributed by atoms with van der Waals surface area (Å²) in [7, 11) is -3.96. The largest absolute Gasteiger partial charge is 0.294 e. The van der Waals surface area contributed by atoms with E-state index in [-0.39, 0.29) is 9.77 Å². The quantitative estimate of drug-likeness (QED) is 0.804. The summed E-state index contributed by atoms with van der Waals surface area (Å²) in [4.78, 5) is 23.4. The van der Waals surface area contributed by atoms with Gasteiger partial charge in [0.2, 0.25) is 5.91 Å². The summed E-state index contributed by atoms with van der Waals surface area (Å²) < 4.78 is 51.6. The number of Topliss-reactive ketones (excluding diaryl/α,β-unsaturated/α-hetero) is 1. The summed E-state index contributed by atoms with van der Waals surface area (Å²) in [6.07, 6.45) is -0.825. The van der Waals surface area contributed by atoms with Crippen LogP contribution in [0.25, 0.3) is 0 Å². The molecule has 2 aromatic rings. The molecule has 2 rings (SSSR count). The zero-order valence-electron chi connectivity index (χ0n) is 11.6. The molecule has 1 heterocycles. The van der Waals surface area contributed by atoms with E-state index in [1.807, 2.05) is 4.72 Å². The van der Waals surface area contributed by atoms with Gasteiger partial charge in [-0.15, -0.1) is 11.3 Å². The van der Waals surface area contributed by atoms with E-state index in [0.717, 1.165) is 23.5 Å². The molecule has 1 aromatic heterocycles. The van der Waals surface area contributed by atoms with Gasteiger partial charge in [-0.3, -0.25) is 9.59 Å². The maximum Gasteiger partial charge on any atom is 0.273 e. The predicted octanol–water partition coefficient (Wildman–Crippen LogP) is 2.49. The lowest BCUT2D eigenvalue weighted by molar-refractivity contribution is -0.119. The minimum absolute atomic E-state index is 0.0262. The highest BCUT2D eigenvalue weighted by Gasteiger charge is 2.20. The number of nitrogens with one attached hydrogen (secondary N) is 1. The van der Waals surface area contributed by atoms with Crippen molar-refractivity contribution in [1.29, 1.82) is 0 Å². The van der Waals surface area contributed by atoms with Gasteiger partial charge in [-0.2, -0.15) is 0 Å². The van der Waals surface area contributed by atoms with Crippen LogP contribution in [-0.2, 0) is 14.8 Å². The molecule has 0 aliphatic heterocycles. The fraction of sp³-hybridized carbons (Fsp3) is 0.143.